The molecule has 3 N–H and O–H groups in total. The summed E-state index contributed by atoms with van der Waals surface area (Å²) in [5.74, 6) is 0.503. The van der Waals surface area contributed by atoms with Crippen LogP contribution in [0.2, 0.25) is 0 Å². The molecule has 0 amide bonds. The van der Waals surface area contributed by atoms with Crippen LogP contribution in [0.25, 0.3) is 11.1 Å². The summed E-state index contributed by atoms with van der Waals surface area (Å²) in [7, 11) is 1.91. The van der Waals surface area contributed by atoms with Gasteiger partial charge in [-0.3, -0.25) is 4.98 Å². The van der Waals surface area contributed by atoms with Crippen molar-refractivity contribution in [2.45, 2.75) is 0 Å². The molecule has 5 nitrogen and oxygen atoms in total. The molecule has 2 heterocycles. The maximum absolute atomic E-state index is 8.97. The lowest BCUT2D eigenvalue weighted by atomic mass is 10.1. The van der Waals surface area contributed by atoms with E-state index in [1.54, 1.807) is 12.4 Å². The molecular formula is C11H14N4OS. The van der Waals surface area contributed by atoms with Crippen LogP contribution in [-0.2, 0) is 0 Å². The van der Waals surface area contributed by atoms with E-state index in [1.165, 1.54) is 11.5 Å². The van der Waals surface area contributed by atoms with Crippen LogP contribution < -0.4 is 10.6 Å². The summed E-state index contributed by atoms with van der Waals surface area (Å²) in [6.07, 6.45) is 3.48. The fourth-order valence-electron chi connectivity index (χ4n) is 1.59. The van der Waals surface area contributed by atoms with Gasteiger partial charge in [0.05, 0.1) is 12.2 Å². The second-order valence-electron chi connectivity index (χ2n) is 3.63. The Morgan fingerprint density at radius 1 is 1.53 bits per heavy atom. The van der Waals surface area contributed by atoms with Gasteiger partial charge in [0.2, 0.25) is 0 Å². The van der Waals surface area contributed by atoms with Crippen LogP contribution >= 0.6 is 11.5 Å². The van der Waals surface area contributed by atoms with E-state index in [0.29, 0.717) is 12.4 Å². The second-order valence-corrected chi connectivity index (χ2v) is 4.39. The van der Waals surface area contributed by atoms with Crippen molar-refractivity contribution in [3.8, 4) is 11.1 Å². The number of nitrogen functional groups attached to an aromatic ring is 1. The Balaban J connectivity index is 2.43. The van der Waals surface area contributed by atoms with Crippen molar-refractivity contribution >= 4 is 22.4 Å². The van der Waals surface area contributed by atoms with Gasteiger partial charge in [0, 0.05) is 31.5 Å². The zero-order valence-corrected chi connectivity index (χ0v) is 10.3. The van der Waals surface area contributed by atoms with Crippen LogP contribution in [0.1, 0.15) is 0 Å². The number of aliphatic hydroxyl groups is 1. The van der Waals surface area contributed by atoms with E-state index in [0.717, 1.165) is 16.1 Å². The Labute approximate surface area is 104 Å². The first-order chi connectivity index (χ1) is 8.24. The highest BCUT2D eigenvalue weighted by Crippen LogP contribution is 2.38. The molecule has 17 heavy (non-hydrogen) atoms. The number of hydrogen-bond donors (Lipinski definition) is 2. The maximum Gasteiger partial charge on any atom is 0.147 e. The van der Waals surface area contributed by atoms with E-state index in [2.05, 4.69) is 9.36 Å². The molecule has 0 bridgehead atoms. The van der Waals surface area contributed by atoms with E-state index in [4.69, 9.17) is 10.8 Å². The number of aromatic nitrogens is 2. The number of pyridine rings is 1. The summed E-state index contributed by atoms with van der Waals surface area (Å²) in [6, 6.07) is 3.81. The summed E-state index contributed by atoms with van der Waals surface area (Å²) < 4.78 is 4.16. The van der Waals surface area contributed by atoms with Gasteiger partial charge in [0.1, 0.15) is 10.8 Å². The molecule has 0 aliphatic rings. The molecule has 2 aromatic heterocycles. The van der Waals surface area contributed by atoms with Crippen LogP contribution in [0.5, 0.6) is 0 Å². The van der Waals surface area contributed by atoms with Crippen LogP contribution in [0.4, 0.5) is 10.8 Å². The molecule has 0 saturated heterocycles. The number of likely N-dealkylation sites (N-methyl/N-ethyl adjacent to an activating group) is 1. The SMILES string of the molecule is CN(CCO)c1snc(N)c1-c1cccnc1. The van der Waals surface area contributed by atoms with Gasteiger partial charge in [-0.15, -0.1) is 0 Å². The fourth-order valence-corrected chi connectivity index (χ4v) is 2.41. The lowest BCUT2D eigenvalue weighted by molar-refractivity contribution is 0.304. The average molecular weight is 250 g/mol. The summed E-state index contributed by atoms with van der Waals surface area (Å²) in [5, 5.41) is 9.91. The smallest absolute Gasteiger partial charge is 0.147 e. The summed E-state index contributed by atoms with van der Waals surface area (Å²) in [5.41, 5.74) is 7.72. The Morgan fingerprint density at radius 2 is 2.35 bits per heavy atom. The molecule has 0 aliphatic carbocycles. The van der Waals surface area contributed by atoms with Crippen LogP contribution in [-0.4, -0.2) is 34.7 Å². The van der Waals surface area contributed by atoms with Gasteiger partial charge in [0.15, 0.2) is 0 Å². The van der Waals surface area contributed by atoms with Crippen molar-refractivity contribution in [1.29, 1.82) is 0 Å². The first-order valence-corrected chi connectivity index (χ1v) is 5.99. The largest absolute Gasteiger partial charge is 0.395 e. The van der Waals surface area contributed by atoms with Gasteiger partial charge in [-0.1, -0.05) is 6.07 Å². The molecule has 2 rings (SSSR count). The van der Waals surface area contributed by atoms with Crippen molar-refractivity contribution < 1.29 is 5.11 Å². The monoisotopic (exact) mass is 250 g/mol. The Kier molecular flexibility index (Phi) is 3.55. The molecule has 90 valence electrons. The zero-order valence-electron chi connectivity index (χ0n) is 9.50. The highest BCUT2D eigenvalue weighted by molar-refractivity contribution is 7.11. The summed E-state index contributed by atoms with van der Waals surface area (Å²) >= 11 is 1.33. The molecule has 2 aromatic rings. The topological polar surface area (TPSA) is 75.3 Å². The standard InChI is InChI=1S/C11H14N4OS/c1-15(5-6-16)11-9(10(12)14-17-11)8-3-2-4-13-7-8/h2-4,7,16H,5-6H2,1H3,(H2,12,14). The molecule has 0 unspecified atom stereocenters. The predicted octanol–water partition coefficient (Wildman–Crippen LogP) is 1.22. The first kappa shape index (κ1) is 11.8. The van der Waals surface area contributed by atoms with Gasteiger partial charge < -0.3 is 15.7 Å². The number of nitrogens with zero attached hydrogens (tertiary/aromatic N) is 3. The van der Waals surface area contributed by atoms with Gasteiger partial charge in [0.25, 0.3) is 0 Å². The lowest BCUT2D eigenvalue weighted by Gasteiger charge is -2.17. The highest BCUT2D eigenvalue weighted by Gasteiger charge is 2.16. The zero-order chi connectivity index (χ0) is 12.3. The van der Waals surface area contributed by atoms with E-state index >= 15 is 0 Å². The summed E-state index contributed by atoms with van der Waals surface area (Å²) in [6.45, 7) is 0.648. The molecule has 0 aliphatic heterocycles. The van der Waals surface area contributed by atoms with E-state index in [-0.39, 0.29) is 6.61 Å². The summed E-state index contributed by atoms with van der Waals surface area (Å²) in [4.78, 5) is 6.02. The van der Waals surface area contributed by atoms with Gasteiger partial charge >= 0.3 is 0 Å². The van der Waals surface area contributed by atoms with Crippen molar-refractivity contribution in [3.05, 3.63) is 24.5 Å². The number of hydrogen-bond acceptors (Lipinski definition) is 6. The quantitative estimate of drug-likeness (QED) is 0.853. The minimum atomic E-state index is 0.0980. The fraction of sp³-hybridized carbons (Fsp3) is 0.273. The normalized spacial score (nSPS) is 10.5. The minimum absolute atomic E-state index is 0.0980. The second kappa shape index (κ2) is 5.11. The van der Waals surface area contributed by atoms with Crippen LogP contribution in [0.3, 0.4) is 0 Å². The van der Waals surface area contributed by atoms with Gasteiger partial charge in [-0.2, -0.15) is 4.37 Å². The molecular weight excluding hydrogens is 236 g/mol. The van der Waals surface area contributed by atoms with Gasteiger partial charge in [-0.25, -0.2) is 0 Å². The van der Waals surface area contributed by atoms with Crippen molar-refractivity contribution in [2.75, 3.05) is 30.8 Å². The Hall–Kier alpha value is -1.66. The molecule has 0 fully saturated rings. The molecule has 0 saturated carbocycles. The Morgan fingerprint density at radius 3 is 3.00 bits per heavy atom. The number of nitrogens with two attached hydrogens (primary N) is 1. The van der Waals surface area contributed by atoms with Crippen molar-refractivity contribution in [1.82, 2.24) is 9.36 Å². The predicted molar refractivity (Wildman–Crippen MR) is 70.1 cm³/mol. The number of anilines is 2. The third kappa shape index (κ3) is 2.37. The van der Waals surface area contributed by atoms with E-state index in [1.807, 2.05) is 24.1 Å². The number of aliphatic hydroxyl groups excluding tert-OH is 1. The first-order valence-electron chi connectivity index (χ1n) is 5.21. The maximum atomic E-state index is 8.97. The van der Waals surface area contributed by atoms with Crippen molar-refractivity contribution in [2.24, 2.45) is 0 Å². The average Bonchev–Trinajstić information content (AvgIpc) is 2.73. The Bertz CT molecular complexity index is 485. The molecule has 0 radical (unpaired) electrons. The lowest BCUT2D eigenvalue weighted by Crippen LogP contribution is -2.20. The molecule has 0 atom stereocenters. The van der Waals surface area contributed by atoms with Crippen LogP contribution in [0.15, 0.2) is 24.5 Å². The number of rotatable bonds is 4. The minimum Gasteiger partial charge on any atom is -0.395 e. The molecule has 0 spiro atoms. The molecule has 0 aromatic carbocycles. The van der Waals surface area contributed by atoms with Crippen molar-refractivity contribution in [3.63, 3.8) is 0 Å². The van der Waals surface area contributed by atoms with Gasteiger partial charge in [-0.05, 0) is 17.6 Å². The highest BCUT2D eigenvalue weighted by atomic mass is 32.1. The van der Waals surface area contributed by atoms with E-state index in [9.17, 15) is 0 Å². The third-order valence-corrected chi connectivity index (χ3v) is 3.41. The third-order valence-electron chi connectivity index (χ3n) is 2.43. The van der Waals surface area contributed by atoms with Crippen LogP contribution in [0, 0.1) is 0 Å². The van der Waals surface area contributed by atoms with E-state index < -0.39 is 0 Å². The molecule has 6 heteroatoms.